The molecule has 0 aromatic rings. The lowest BCUT2D eigenvalue weighted by Gasteiger charge is -2.26. The summed E-state index contributed by atoms with van der Waals surface area (Å²) in [5.41, 5.74) is 6.14. The van der Waals surface area contributed by atoms with Crippen molar-refractivity contribution in [2.75, 3.05) is 28.2 Å². The molecule has 14 heavy (non-hydrogen) atoms. The molecule has 5 heteroatoms. The van der Waals surface area contributed by atoms with E-state index in [0.717, 1.165) is 0 Å². The quantitative estimate of drug-likeness (QED) is 0.622. The molecular formula is C9H15N5. The molecule has 0 aliphatic heterocycles. The lowest BCUT2D eigenvalue weighted by molar-refractivity contribution is 0.326. The first-order chi connectivity index (χ1) is 6.45. The summed E-state index contributed by atoms with van der Waals surface area (Å²) in [5, 5.41) is 17.6. The molecule has 0 spiro atoms. The highest BCUT2D eigenvalue weighted by Crippen LogP contribution is 2.11. The molecule has 0 saturated heterocycles. The first-order valence-corrected chi connectivity index (χ1v) is 4.08. The first kappa shape index (κ1) is 12.3. The smallest absolute Gasteiger partial charge is 0.140 e. The van der Waals surface area contributed by atoms with Crippen LogP contribution < -0.4 is 5.73 Å². The summed E-state index contributed by atoms with van der Waals surface area (Å²) in [5.74, 6) is 0. The van der Waals surface area contributed by atoms with Crippen LogP contribution in [0.2, 0.25) is 0 Å². The maximum absolute atomic E-state index is 8.94. The molecule has 0 rings (SSSR count). The number of nitriles is 2. The molecule has 0 fully saturated rings. The number of hydrogen-bond acceptors (Lipinski definition) is 5. The SMILES string of the molecule is CN(C)/C(=C(/N)C#N)C(C#N)N(C)C. The van der Waals surface area contributed by atoms with Crippen LogP contribution in [0.15, 0.2) is 11.4 Å². The Morgan fingerprint density at radius 2 is 1.71 bits per heavy atom. The third kappa shape index (κ3) is 2.65. The highest BCUT2D eigenvalue weighted by atomic mass is 15.2. The average Bonchev–Trinajstić information content (AvgIpc) is 2.11. The van der Waals surface area contributed by atoms with Crippen molar-refractivity contribution in [2.45, 2.75) is 6.04 Å². The predicted octanol–water partition coefficient (Wildman–Crippen LogP) is -0.304. The maximum Gasteiger partial charge on any atom is 0.140 e. The fraction of sp³-hybridized carbons (Fsp3) is 0.556. The Kier molecular flexibility index (Phi) is 4.48. The molecule has 1 unspecified atom stereocenters. The molecule has 0 bridgehead atoms. The third-order valence-corrected chi connectivity index (χ3v) is 1.78. The summed E-state index contributed by atoms with van der Waals surface area (Å²) in [7, 11) is 7.05. The number of hydrogen-bond donors (Lipinski definition) is 1. The van der Waals surface area contributed by atoms with Gasteiger partial charge < -0.3 is 10.6 Å². The van der Waals surface area contributed by atoms with Crippen LogP contribution in [-0.4, -0.2) is 44.0 Å². The molecule has 2 N–H and O–H groups in total. The summed E-state index contributed by atoms with van der Waals surface area (Å²) in [4.78, 5) is 3.39. The zero-order valence-corrected chi connectivity index (χ0v) is 8.94. The standard InChI is InChI=1S/C9H15N5/c1-13(2)8(6-11)9(14(3)4)7(12)5-10/h8H,12H2,1-4H3/b9-7+. The minimum atomic E-state index is -0.496. The van der Waals surface area contributed by atoms with Gasteiger partial charge in [0.15, 0.2) is 0 Å². The van der Waals surface area contributed by atoms with Gasteiger partial charge in [0, 0.05) is 14.1 Å². The van der Waals surface area contributed by atoms with Gasteiger partial charge in [0.05, 0.1) is 11.8 Å². The van der Waals surface area contributed by atoms with Crippen molar-refractivity contribution in [1.29, 1.82) is 10.5 Å². The predicted molar refractivity (Wildman–Crippen MR) is 53.6 cm³/mol. The van der Waals surface area contributed by atoms with Crippen LogP contribution in [0.25, 0.3) is 0 Å². The number of rotatable bonds is 3. The number of nitrogens with two attached hydrogens (primary N) is 1. The molecule has 0 saturated carbocycles. The van der Waals surface area contributed by atoms with Crippen LogP contribution in [0, 0.1) is 22.7 Å². The van der Waals surface area contributed by atoms with Gasteiger partial charge in [-0.05, 0) is 14.1 Å². The molecule has 0 aliphatic rings. The van der Waals surface area contributed by atoms with Crippen molar-refractivity contribution in [2.24, 2.45) is 5.73 Å². The molecule has 0 heterocycles. The molecular weight excluding hydrogens is 178 g/mol. The van der Waals surface area contributed by atoms with Gasteiger partial charge in [-0.2, -0.15) is 10.5 Å². The minimum Gasteiger partial charge on any atom is -0.389 e. The highest BCUT2D eigenvalue weighted by molar-refractivity contribution is 5.30. The molecule has 1 atom stereocenters. The zero-order valence-electron chi connectivity index (χ0n) is 8.94. The summed E-state index contributed by atoms with van der Waals surface area (Å²) in [6, 6.07) is 3.45. The van der Waals surface area contributed by atoms with E-state index in [0.29, 0.717) is 5.70 Å². The van der Waals surface area contributed by atoms with E-state index in [-0.39, 0.29) is 5.70 Å². The summed E-state index contributed by atoms with van der Waals surface area (Å²) < 4.78 is 0. The Balaban J connectivity index is 5.26. The van der Waals surface area contributed by atoms with Crippen molar-refractivity contribution in [3.8, 4) is 12.1 Å². The van der Waals surface area contributed by atoms with E-state index in [9.17, 15) is 0 Å². The van der Waals surface area contributed by atoms with Gasteiger partial charge in [0.2, 0.25) is 0 Å². The van der Waals surface area contributed by atoms with E-state index < -0.39 is 6.04 Å². The Bertz CT molecular complexity index is 302. The van der Waals surface area contributed by atoms with Crippen LogP contribution in [0.3, 0.4) is 0 Å². The van der Waals surface area contributed by atoms with Gasteiger partial charge in [-0.3, -0.25) is 4.90 Å². The van der Waals surface area contributed by atoms with Crippen LogP contribution in [0.5, 0.6) is 0 Å². The summed E-state index contributed by atoms with van der Waals surface area (Å²) in [6.45, 7) is 0. The normalized spacial score (nSPS) is 13.9. The lowest BCUT2D eigenvalue weighted by atomic mass is 10.1. The fourth-order valence-electron chi connectivity index (χ4n) is 1.11. The van der Waals surface area contributed by atoms with Crippen molar-refractivity contribution in [3.05, 3.63) is 11.4 Å². The summed E-state index contributed by atoms with van der Waals surface area (Å²) >= 11 is 0. The van der Waals surface area contributed by atoms with E-state index >= 15 is 0 Å². The number of allylic oxidation sites excluding steroid dienone is 1. The van der Waals surface area contributed by atoms with Gasteiger partial charge in [-0.25, -0.2) is 0 Å². The minimum absolute atomic E-state index is 0.0789. The Morgan fingerprint density at radius 3 is 1.93 bits per heavy atom. The van der Waals surface area contributed by atoms with E-state index in [1.807, 2.05) is 6.07 Å². The van der Waals surface area contributed by atoms with Crippen molar-refractivity contribution < 1.29 is 0 Å². The second-order valence-corrected chi connectivity index (χ2v) is 3.30. The molecule has 0 aliphatic carbocycles. The molecule has 0 amide bonds. The van der Waals surface area contributed by atoms with Gasteiger partial charge in [0.1, 0.15) is 17.8 Å². The zero-order chi connectivity index (χ0) is 11.3. The molecule has 76 valence electrons. The Hall–Kier alpha value is -1.72. The van der Waals surface area contributed by atoms with Gasteiger partial charge >= 0.3 is 0 Å². The van der Waals surface area contributed by atoms with E-state index in [2.05, 4.69) is 6.07 Å². The molecule has 0 radical (unpaired) electrons. The Morgan fingerprint density at radius 1 is 1.21 bits per heavy atom. The van der Waals surface area contributed by atoms with Gasteiger partial charge in [-0.1, -0.05) is 0 Å². The second-order valence-electron chi connectivity index (χ2n) is 3.30. The van der Waals surface area contributed by atoms with Crippen molar-refractivity contribution >= 4 is 0 Å². The second kappa shape index (κ2) is 5.11. The van der Waals surface area contributed by atoms with Crippen LogP contribution in [0.4, 0.5) is 0 Å². The highest BCUT2D eigenvalue weighted by Gasteiger charge is 2.21. The molecule has 0 aromatic carbocycles. The molecule has 0 aromatic heterocycles. The van der Waals surface area contributed by atoms with Crippen molar-refractivity contribution in [1.82, 2.24) is 9.80 Å². The third-order valence-electron chi connectivity index (χ3n) is 1.78. The average molecular weight is 193 g/mol. The first-order valence-electron chi connectivity index (χ1n) is 4.08. The monoisotopic (exact) mass is 193 g/mol. The van der Waals surface area contributed by atoms with Gasteiger partial charge in [-0.15, -0.1) is 0 Å². The Labute approximate surface area is 84.6 Å². The van der Waals surface area contributed by atoms with Crippen LogP contribution in [0.1, 0.15) is 0 Å². The maximum atomic E-state index is 8.94. The fourth-order valence-corrected chi connectivity index (χ4v) is 1.11. The summed E-state index contributed by atoms with van der Waals surface area (Å²) in [6.07, 6.45) is 0. The van der Waals surface area contributed by atoms with Crippen molar-refractivity contribution in [3.63, 3.8) is 0 Å². The topological polar surface area (TPSA) is 80.1 Å². The largest absolute Gasteiger partial charge is 0.389 e. The lowest BCUT2D eigenvalue weighted by Crippen LogP contribution is -2.36. The van der Waals surface area contributed by atoms with Crippen LogP contribution in [-0.2, 0) is 0 Å². The van der Waals surface area contributed by atoms with E-state index in [1.165, 1.54) is 0 Å². The van der Waals surface area contributed by atoms with Crippen LogP contribution >= 0.6 is 0 Å². The van der Waals surface area contributed by atoms with E-state index in [1.54, 1.807) is 38.0 Å². The number of nitrogens with zero attached hydrogens (tertiary/aromatic N) is 4. The van der Waals surface area contributed by atoms with Gasteiger partial charge in [0.25, 0.3) is 0 Å². The number of likely N-dealkylation sites (N-methyl/N-ethyl adjacent to an activating group) is 2. The van der Waals surface area contributed by atoms with E-state index in [4.69, 9.17) is 16.3 Å². The molecule has 5 nitrogen and oxygen atoms in total.